The van der Waals surface area contributed by atoms with Crippen molar-refractivity contribution in [2.24, 2.45) is 0 Å². The molecule has 2 amide bonds. The summed E-state index contributed by atoms with van der Waals surface area (Å²) in [6, 6.07) is 14.4. The predicted molar refractivity (Wildman–Crippen MR) is 103 cm³/mol. The minimum atomic E-state index is -0.494. The molecule has 0 saturated carbocycles. The molecule has 1 heterocycles. The summed E-state index contributed by atoms with van der Waals surface area (Å²) in [5.41, 5.74) is 2.49. The number of hydrogen-bond donors (Lipinski definition) is 1. The minimum Gasteiger partial charge on any atom is -0.298 e. The van der Waals surface area contributed by atoms with E-state index in [4.69, 9.17) is 23.8 Å². The van der Waals surface area contributed by atoms with E-state index >= 15 is 0 Å². The maximum Gasteiger partial charge on any atom is 0.270 e. The van der Waals surface area contributed by atoms with Gasteiger partial charge in [-0.3, -0.25) is 19.8 Å². The van der Waals surface area contributed by atoms with Crippen LogP contribution >= 0.6 is 23.8 Å². The first-order valence-corrected chi connectivity index (χ1v) is 8.55. The van der Waals surface area contributed by atoms with Gasteiger partial charge in [-0.15, -0.1) is 0 Å². The Morgan fingerprint density at radius 3 is 2.48 bits per heavy atom. The number of aryl methyl sites for hydroxylation is 1. The highest BCUT2D eigenvalue weighted by atomic mass is 35.5. The van der Waals surface area contributed by atoms with Gasteiger partial charge in [0.2, 0.25) is 0 Å². The second-order valence-electron chi connectivity index (χ2n) is 5.49. The molecule has 1 saturated heterocycles. The third kappa shape index (κ3) is 3.48. The first-order chi connectivity index (χ1) is 12.0. The molecule has 1 fully saturated rings. The van der Waals surface area contributed by atoms with E-state index in [1.807, 2.05) is 31.2 Å². The lowest BCUT2D eigenvalue weighted by molar-refractivity contribution is -0.122. The molecule has 4 nitrogen and oxygen atoms in total. The smallest absolute Gasteiger partial charge is 0.270 e. The molecule has 1 N–H and O–H groups in total. The number of hydrogen-bond acceptors (Lipinski definition) is 3. The average Bonchev–Trinajstić information content (AvgIpc) is 2.60. The van der Waals surface area contributed by atoms with Crippen molar-refractivity contribution in [3.05, 3.63) is 70.3 Å². The average molecular weight is 371 g/mol. The van der Waals surface area contributed by atoms with Crippen LogP contribution in [-0.4, -0.2) is 16.9 Å². The summed E-state index contributed by atoms with van der Waals surface area (Å²) in [6.07, 6.45) is 2.41. The van der Waals surface area contributed by atoms with E-state index < -0.39 is 11.8 Å². The van der Waals surface area contributed by atoms with Crippen LogP contribution in [-0.2, 0) is 16.0 Å². The molecule has 6 heteroatoms. The van der Waals surface area contributed by atoms with Crippen LogP contribution in [0.2, 0.25) is 5.02 Å². The van der Waals surface area contributed by atoms with E-state index in [-0.39, 0.29) is 10.7 Å². The third-order valence-corrected chi connectivity index (χ3v) is 4.46. The standard InChI is InChI=1S/C19H15ClN2O2S/c1-2-12-5-3-4-6-13(12)11-16-17(23)21-19(25)22(18(16)24)15-9-7-14(20)8-10-15/h3-11H,2H2,1H3,(H,21,23,25)/b16-11-. The number of benzene rings is 2. The summed E-state index contributed by atoms with van der Waals surface area (Å²) in [4.78, 5) is 26.5. The summed E-state index contributed by atoms with van der Waals surface area (Å²) in [6.45, 7) is 2.02. The van der Waals surface area contributed by atoms with E-state index in [0.29, 0.717) is 10.7 Å². The van der Waals surface area contributed by atoms with Crippen molar-refractivity contribution in [1.29, 1.82) is 0 Å². The van der Waals surface area contributed by atoms with Gasteiger partial charge < -0.3 is 0 Å². The van der Waals surface area contributed by atoms with Gasteiger partial charge in [-0.05, 0) is 60.1 Å². The van der Waals surface area contributed by atoms with E-state index in [1.165, 1.54) is 4.90 Å². The number of nitrogens with one attached hydrogen (secondary N) is 1. The Bertz CT molecular complexity index is 891. The number of thiocarbonyl (C=S) groups is 1. The number of rotatable bonds is 3. The van der Waals surface area contributed by atoms with Crippen molar-refractivity contribution in [3.8, 4) is 0 Å². The molecule has 0 aromatic heterocycles. The van der Waals surface area contributed by atoms with Gasteiger partial charge in [0.05, 0.1) is 5.69 Å². The summed E-state index contributed by atoms with van der Waals surface area (Å²) >= 11 is 11.1. The first-order valence-electron chi connectivity index (χ1n) is 7.76. The van der Waals surface area contributed by atoms with Crippen LogP contribution in [0.3, 0.4) is 0 Å². The van der Waals surface area contributed by atoms with Gasteiger partial charge in [0.1, 0.15) is 5.57 Å². The SMILES string of the molecule is CCc1ccccc1/C=C1/C(=O)NC(=S)N(c2ccc(Cl)cc2)C1=O. The lowest BCUT2D eigenvalue weighted by Gasteiger charge is -2.29. The van der Waals surface area contributed by atoms with Gasteiger partial charge in [-0.1, -0.05) is 42.8 Å². The molecule has 0 radical (unpaired) electrons. The molecule has 0 atom stereocenters. The number of carbonyl (C=O) groups excluding carboxylic acids is 2. The normalized spacial score (nSPS) is 16.3. The Labute approximate surface area is 156 Å². The largest absolute Gasteiger partial charge is 0.298 e. The van der Waals surface area contributed by atoms with Crippen LogP contribution in [0.1, 0.15) is 18.1 Å². The van der Waals surface area contributed by atoms with Gasteiger partial charge in [0, 0.05) is 5.02 Å². The van der Waals surface area contributed by atoms with Crippen molar-refractivity contribution >= 4 is 52.5 Å². The summed E-state index contributed by atoms with van der Waals surface area (Å²) in [7, 11) is 0. The van der Waals surface area contributed by atoms with Gasteiger partial charge in [-0.25, -0.2) is 0 Å². The van der Waals surface area contributed by atoms with E-state index in [9.17, 15) is 9.59 Å². The zero-order valence-corrected chi connectivity index (χ0v) is 15.0. The highest BCUT2D eigenvalue weighted by molar-refractivity contribution is 7.80. The second-order valence-corrected chi connectivity index (χ2v) is 6.31. The summed E-state index contributed by atoms with van der Waals surface area (Å²) < 4.78 is 0. The highest BCUT2D eigenvalue weighted by Gasteiger charge is 2.34. The molecule has 3 rings (SSSR count). The zero-order valence-electron chi connectivity index (χ0n) is 13.5. The molecule has 25 heavy (non-hydrogen) atoms. The van der Waals surface area contributed by atoms with Crippen LogP contribution in [0.4, 0.5) is 5.69 Å². The Morgan fingerprint density at radius 1 is 1.12 bits per heavy atom. The van der Waals surface area contributed by atoms with Gasteiger partial charge in [-0.2, -0.15) is 0 Å². The minimum absolute atomic E-state index is 0.0458. The number of halogens is 1. The van der Waals surface area contributed by atoms with Crippen molar-refractivity contribution in [3.63, 3.8) is 0 Å². The van der Waals surface area contributed by atoms with Crippen LogP contribution < -0.4 is 10.2 Å². The second kappa shape index (κ2) is 7.17. The lowest BCUT2D eigenvalue weighted by Crippen LogP contribution is -2.54. The Morgan fingerprint density at radius 2 is 1.80 bits per heavy atom. The number of carbonyl (C=O) groups is 2. The molecule has 0 spiro atoms. The van der Waals surface area contributed by atoms with Gasteiger partial charge >= 0.3 is 0 Å². The number of anilines is 1. The Hall–Kier alpha value is -2.50. The van der Waals surface area contributed by atoms with Crippen molar-refractivity contribution in [2.75, 3.05) is 4.90 Å². The molecule has 2 aromatic rings. The quantitative estimate of drug-likeness (QED) is 0.508. The monoisotopic (exact) mass is 370 g/mol. The molecule has 2 aromatic carbocycles. The van der Waals surface area contributed by atoms with Crippen LogP contribution in [0, 0.1) is 0 Å². The molecule has 1 aliphatic heterocycles. The highest BCUT2D eigenvalue weighted by Crippen LogP contribution is 2.24. The summed E-state index contributed by atoms with van der Waals surface area (Å²) in [5.74, 6) is -0.951. The van der Waals surface area contributed by atoms with Crippen LogP contribution in [0.15, 0.2) is 54.1 Å². The molecule has 1 aliphatic rings. The maximum atomic E-state index is 12.9. The molecule has 0 unspecified atom stereocenters. The fraction of sp³-hybridized carbons (Fsp3) is 0.105. The molecular weight excluding hydrogens is 356 g/mol. The van der Waals surface area contributed by atoms with Gasteiger partial charge in [0.15, 0.2) is 5.11 Å². The van der Waals surface area contributed by atoms with E-state index in [1.54, 1.807) is 30.3 Å². The van der Waals surface area contributed by atoms with Crippen molar-refractivity contribution in [2.45, 2.75) is 13.3 Å². The topological polar surface area (TPSA) is 49.4 Å². The fourth-order valence-corrected chi connectivity index (χ4v) is 3.04. The van der Waals surface area contributed by atoms with Crippen LogP contribution in [0.5, 0.6) is 0 Å². The summed E-state index contributed by atoms with van der Waals surface area (Å²) in [5, 5.41) is 3.18. The number of amides is 2. The first kappa shape index (κ1) is 17.3. The zero-order chi connectivity index (χ0) is 18.0. The molecule has 0 aliphatic carbocycles. The number of nitrogens with zero attached hydrogens (tertiary/aromatic N) is 1. The van der Waals surface area contributed by atoms with E-state index in [0.717, 1.165) is 17.5 Å². The predicted octanol–water partition coefficient (Wildman–Crippen LogP) is 3.73. The molecule has 126 valence electrons. The third-order valence-electron chi connectivity index (χ3n) is 3.92. The van der Waals surface area contributed by atoms with Crippen molar-refractivity contribution < 1.29 is 9.59 Å². The Balaban J connectivity index is 2.03. The maximum absolute atomic E-state index is 12.9. The lowest BCUT2D eigenvalue weighted by atomic mass is 10.0. The van der Waals surface area contributed by atoms with Gasteiger partial charge in [0.25, 0.3) is 11.8 Å². The molecular formula is C19H15ClN2O2S. The fourth-order valence-electron chi connectivity index (χ4n) is 2.63. The van der Waals surface area contributed by atoms with Crippen molar-refractivity contribution in [1.82, 2.24) is 5.32 Å². The van der Waals surface area contributed by atoms with Crippen LogP contribution in [0.25, 0.3) is 6.08 Å². The Kier molecular flexibility index (Phi) is 4.97. The molecule has 0 bridgehead atoms. The van der Waals surface area contributed by atoms with E-state index in [2.05, 4.69) is 5.32 Å².